The molecule has 1 aliphatic heterocycles. The van der Waals surface area contributed by atoms with E-state index in [2.05, 4.69) is 5.10 Å². The monoisotopic (exact) mass is 401 g/mol. The number of amides is 1. The van der Waals surface area contributed by atoms with Gasteiger partial charge in [0.15, 0.2) is 0 Å². The quantitative estimate of drug-likeness (QED) is 0.410. The summed E-state index contributed by atoms with van der Waals surface area (Å²) in [4.78, 5) is 17.0. The summed E-state index contributed by atoms with van der Waals surface area (Å²) in [5.41, 5.74) is 1.73. The first kappa shape index (κ1) is 17.2. The van der Waals surface area contributed by atoms with Crippen molar-refractivity contribution in [2.45, 2.75) is 21.5 Å². The molecule has 2 aromatic carbocycles. The van der Waals surface area contributed by atoms with E-state index in [1.165, 1.54) is 21.1 Å². The van der Waals surface area contributed by atoms with Crippen LogP contribution < -0.4 is 10.7 Å². The van der Waals surface area contributed by atoms with Gasteiger partial charge in [-0.3, -0.25) is 9.69 Å². The number of rotatable bonds is 3. The molecule has 2 heterocycles. The van der Waals surface area contributed by atoms with E-state index in [9.17, 15) is 4.79 Å². The summed E-state index contributed by atoms with van der Waals surface area (Å²) in [6, 6.07) is 15.7. The van der Waals surface area contributed by atoms with Gasteiger partial charge in [-0.05, 0) is 42.7 Å². The average Bonchev–Trinajstić information content (AvgIpc) is 2.93. The van der Waals surface area contributed by atoms with Crippen LogP contribution in [0.5, 0.6) is 0 Å². The molecule has 132 valence electrons. The smallest absolute Gasteiger partial charge is 0.253 e. The number of nitrogens with zero attached hydrogens (tertiary/aromatic N) is 4. The third-order valence-electron chi connectivity index (χ3n) is 3.99. The normalized spacial score (nSPS) is 12.6. The first-order valence-electron chi connectivity index (χ1n) is 7.78. The van der Waals surface area contributed by atoms with Crippen LogP contribution in [-0.4, -0.2) is 26.6 Å². The number of aromatic nitrogens is 3. The van der Waals surface area contributed by atoms with Crippen molar-refractivity contribution in [3.05, 3.63) is 53.3 Å². The summed E-state index contributed by atoms with van der Waals surface area (Å²) in [7, 11) is 0. The second-order valence-electron chi connectivity index (χ2n) is 5.56. The van der Waals surface area contributed by atoms with Crippen LogP contribution in [0.15, 0.2) is 63.5 Å². The fourth-order valence-corrected chi connectivity index (χ4v) is 4.59. The minimum absolute atomic E-state index is 0.0178. The fraction of sp³-hybridized carbons (Fsp3) is 0.118. The van der Waals surface area contributed by atoms with Crippen molar-refractivity contribution < 1.29 is 4.79 Å². The summed E-state index contributed by atoms with van der Waals surface area (Å²) >= 11 is 8.35. The van der Waals surface area contributed by atoms with Crippen molar-refractivity contribution in [2.24, 2.45) is 0 Å². The van der Waals surface area contributed by atoms with E-state index in [0.29, 0.717) is 9.93 Å². The van der Waals surface area contributed by atoms with Gasteiger partial charge in [-0.1, -0.05) is 47.8 Å². The van der Waals surface area contributed by atoms with Gasteiger partial charge in [-0.25, -0.2) is 9.36 Å². The molecule has 9 heteroatoms. The Morgan fingerprint density at radius 1 is 1.15 bits per heavy atom. The van der Waals surface area contributed by atoms with Crippen molar-refractivity contribution in [1.82, 2.24) is 14.5 Å². The molecule has 0 aliphatic carbocycles. The molecule has 26 heavy (non-hydrogen) atoms. The number of hydrogen-bond donors (Lipinski definition) is 1. The zero-order chi connectivity index (χ0) is 18.3. The molecule has 0 atom stereocenters. The van der Waals surface area contributed by atoms with Crippen LogP contribution >= 0.6 is 35.7 Å². The van der Waals surface area contributed by atoms with E-state index in [1.54, 1.807) is 16.7 Å². The lowest BCUT2D eigenvalue weighted by Gasteiger charge is -2.30. The Morgan fingerprint density at radius 2 is 1.73 bits per heavy atom. The topological polar surface area (TPSA) is 69.1 Å². The van der Waals surface area contributed by atoms with Crippen molar-refractivity contribution in [2.75, 3.05) is 17.0 Å². The molecule has 1 amide bonds. The summed E-state index contributed by atoms with van der Waals surface area (Å²) < 4.78 is 3.10. The second kappa shape index (κ2) is 6.82. The molecular weight excluding hydrogens is 386 g/mol. The highest BCUT2D eigenvalue weighted by Crippen LogP contribution is 2.47. The lowest BCUT2D eigenvalue weighted by atomic mass is 10.2. The maximum absolute atomic E-state index is 13.2. The van der Waals surface area contributed by atoms with Crippen molar-refractivity contribution in [3.8, 4) is 0 Å². The summed E-state index contributed by atoms with van der Waals surface area (Å²) in [6.07, 6.45) is 1.86. The Hall–Kier alpha value is -2.23. The molecule has 0 saturated carbocycles. The Labute approximate surface area is 164 Å². The highest BCUT2D eigenvalue weighted by atomic mass is 32.2. The van der Waals surface area contributed by atoms with Gasteiger partial charge in [-0.2, -0.15) is 0 Å². The number of thioether (sulfide) groups is 1. The molecule has 1 aromatic heterocycles. The number of anilines is 2. The highest BCUT2D eigenvalue weighted by molar-refractivity contribution is 7.99. The third kappa shape index (κ3) is 2.81. The molecule has 0 unspecified atom stereocenters. The minimum Gasteiger partial charge on any atom is -0.335 e. The van der Waals surface area contributed by atoms with Crippen LogP contribution in [0, 0.1) is 4.77 Å². The zero-order valence-electron chi connectivity index (χ0n) is 13.8. The zero-order valence-corrected chi connectivity index (χ0v) is 16.3. The number of carbonyl (C=O) groups excluding carboxylic acids is 1. The first-order chi connectivity index (χ1) is 12.6. The number of para-hydroxylation sites is 2. The van der Waals surface area contributed by atoms with E-state index in [1.807, 2.05) is 54.8 Å². The molecule has 2 N–H and O–H groups in total. The van der Waals surface area contributed by atoms with Gasteiger partial charge >= 0.3 is 0 Å². The highest BCUT2D eigenvalue weighted by Gasteiger charge is 2.28. The van der Waals surface area contributed by atoms with Gasteiger partial charge < -0.3 is 5.84 Å². The lowest BCUT2D eigenvalue weighted by molar-refractivity contribution is -0.118. The molecule has 4 rings (SSSR count). The van der Waals surface area contributed by atoms with E-state index in [-0.39, 0.29) is 12.5 Å². The van der Waals surface area contributed by atoms with Crippen LogP contribution in [0.3, 0.4) is 0 Å². The number of benzene rings is 2. The number of fused-ring (bicyclic) bond motifs is 2. The number of carbonyl (C=O) groups is 1. The minimum atomic E-state index is -0.118. The van der Waals surface area contributed by atoms with Gasteiger partial charge in [0.25, 0.3) is 5.91 Å². The molecule has 3 aromatic rings. The molecule has 0 saturated heterocycles. The second-order valence-corrected chi connectivity index (χ2v) is 7.79. The van der Waals surface area contributed by atoms with Crippen LogP contribution in [0.1, 0.15) is 0 Å². The van der Waals surface area contributed by atoms with E-state index >= 15 is 0 Å². The van der Waals surface area contributed by atoms with Gasteiger partial charge in [-0.15, -0.1) is 5.10 Å². The standard InChI is InChI=1S/C17H15N5OS3/c1-25-16-19-20(17(24)22(16)18)10-15(23)21-11-6-2-4-8-13(11)26-14-9-5-3-7-12(14)21/h2-9H,10,18H2,1H3. The van der Waals surface area contributed by atoms with Gasteiger partial charge in [0.2, 0.25) is 9.93 Å². The molecule has 0 bridgehead atoms. The van der Waals surface area contributed by atoms with Crippen molar-refractivity contribution in [1.29, 1.82) is 0 Å². The Balaban J connectivity index is 1.76. The molecule has 0 spiro atoms. The maximum atomic E-state index is 13.2. The Bertz CT molecular complexity index is 1010. The summed E-state index contributed by atoms with van der Waals surface area (Å²) in [6.45, 7) is 0.0178. The predicted octanol–water partition coefficient (Wildman–Crippen LogP) is 3.68. The molecular formula is C17H15N5OS3. The largest absolute Gasteiger partial charge is 0.335 e. The van der Waals surface area contributed by atoms with E-state index in [4.69, 9.17) is 18.1 Å². The number of nitrogens with two attached hydrogens (primary N) is 1. The van der Waals surface area contributed by atoms with Crippen molar-refractivity contribution >= 4 is 53.0 Å². The molecule has 0 fully saturated rings. The van der Waals surface area contributed by atoms with Crippen LogP contribution in [-0.2, 0) is 11.3 Å². The van der Waals surface area contributed by atoms with Crippen LogP contribution in [0.2, 0.25) is 0 Å². The molecule has 0 radical (unpaired) electrons. The van der Waals surface area contributed by atoms with Gasteiger partial charge in [0.05, 0.1) is 11.4 Å². The van der Waals surface area contributed by atoms with E-state index < -0.39 is 0 Å². The lowest BCUT2D eigenvalue weighted by Crippen LogP contribution is -2.32. The average molecular weight is 402 g/mol. The summed E-state index contributed by atoms with van der Waals surface area (Å²) in [5, 5.41) is 4.90. The summed E-state index contributed by atoms with van der Waals surface area (Å²) in [5.74, 6) is 5.78. The Morgan fingerprint density at radius 3 is 2.27 bits per heavy atom. The Kier molecular flexibility index (Phi) is 4.51. The van der Waals surface area contributed by atoms with Gasteiger partial charge in [0.1, 0.15) is 6.54 Å². The van der Waals surface area contributed by atoms with Gasteiger partial charge in [0, 0.05) is 9.79 Å². The predicted molar refractivity (Wildman–Crippen MR) is 107 cm³/mol. The first-order valence-corrected chi connectivity index (χ1v) is 10.2. The molecule has 6 nitrogen and oxygen atoms in total. The maximum Gasteiger partial charge on any atom is 0.253 e. The third-order valence-corrected chi connectivity index (χ3v) is 6.17. The van der Waals surface area contributed by atoms with E-state index in [0.717, 1.165) is 21.2 Å². The van der Waals surface area contributed by atoms with Crippen molar-refractivity contribution in [3.63, 3.8) is 0 Å². The van der Waals surface area contributed by atoms with Crippen LogP contribution in [0.25, 0.3) is 0 Å². The number of hydrogen-bond acceptors (Lipinski definition) is 6. The number of nitrogen functional groups attached to an aromatic ring is 1. The fourth-order valence-electron chi connectivity index (χ4n) is 2.81. The SMILES string of the molecule is CSc1nn(CC(=O)N2c3ccccc3Sc3ccccc32)c(=S)n1N. The van der Waals surface area contributed by atoms with Crippen LogP contribution in [0.4, 0.5) is 11.4 Å². The molecule has 1 aliphatic rings.